The fourth-order valence-corrected chi connectivity index (χ4v) is 3.42. The van der Waals surface area contributed by atoms with E-state index < -0.39 is 0 Å². The van der Waals surface area contributed by atoms with Crippen LogP contribution >= 0.6 is 0 Å². The highest BCUT2D eigenvalue weighted by atomic mass is 16.3. The molecular formula is C17H27NO. The van der Waals surface area contributed by atoms with Gasteiger partial charge in [0, 0.05) is 19.2 Å². The first kappa shape index (κ1) is 14.5. The molecule has 0 amide bonds. The van der Waals surface area contributed by atoms with Crippen molar-refractivity contribution in [3.05, 3.63) is 34.4 Å². The molecule has 1 fully saturated rings. The van der Waals surface area contributed by atoms with Crippen molar-refractivity contribution in [1.82, 2.24) is 5.32 Å². The van der Waals surface area contributed by atoms with Gasteiger partial charge in [0.1, 0.15) is 0 Å². The Labute approximate surface area is 117 Å². The van der Waals surface area contributed by atoms with Gasteiger partial charge in [-0.25, -0.2) is 0 Å². The van der Waals surface area contributed by atoms with Gasteiger partial charge in [-0.3, -0.25) is 0 Å². The third-order valence-corrected chi connectivity index (χ3v) is 4.52. The normalized spacial score (nSPS) is 23.6. The number of aliphatic hydroxyl groups excluding tert-OH is 1. The number of benzene rings is 1. The van der Waals surface area contributed by atoms with Crippen LogP contribution in [0.1, 0.15) is 47.9 Å². The van der Waals surface area contributed by atoms with E-state index in [2.05, 4.69) is 38.2 Å². The topological polar surface area (TPSA) is 32.3 Å². The van der Waals surface area contributed by atoms with Crippen molar-refractivity contribution >= 4 is 0 Å². The Balaban J connectivity index is 2.02. The van der Waals surface area contributed by atoms with Crippen molar-refractivity contribution in [3.63, 3.8) is 0 Å². The molecule has 2 nitrogen and oxygen atoms in total. The Hall–Kier alpha value is -0.860. The molecule has 1 aliphatic carbocycles. The maximum absolute atomic E-state index is 9.46. The number of aliphatic hydroxyl groups is 1. The molecule has 0 saturated heterocycles. The van der Waals surface area contributed by atoms with Gasteiger partial charge in [-0.05, 0) is 56.2 Å². The van der Waals surface area contributed by atoms with Gasteiger partial charge in [0.2, 0.25) is 0 Å². The monoisotopic (exact) mass is 261 g/mol. The van der Waals surface area contributed by atoms with Crippen LogP contribution in [0.3, 0.4) is 0 Å². The lowest BCUT2D eigenvalue weighted by Gasteiger charge is -2.31. The summed E-state index contributed by atoms with van der Waals surface area (Å²) in [5, 5.41) is 13.1. The first-order chi connectivity index (χ1) is 9.11. The standard InChI is InChI=1S/C17H27NO/c1-12-8-13(2)16(14(3)9-12)10-18-17-7-5-4-6-15(17)11-19/h8-9,15,17-19H,4-7,10-11H2,1-3H3. The van der Waals surface area contributed by atoms with Gasteiger partial charge in [0.15, 0.2) is 0 Å². The van der Waals surface area contributed by atoms with E-state index >= 15 is 0 Å². The van der Waals surface area contributed by atoms with E-state index in [4.69, 9.17) is 0 Å². The Morgan fingerprint density at radius 1 is 1.11 bits per heavy atom. The molecule has 2 heteroatoms. The Morgan fingerprint density at radius 3 is 2.37 bits per heavy atom. The van der Waals surface area contributed by atoms with Crippen LogP contribution in [0, 0.1) is 26.7 Å². The quantitative estimate of drug-likeness (QED) is 0.872. The van der Waals surface area contributed by atoms with E-state index in [0.29, 0.717) is 18.6 Å². The van der Waals surface area contributed by atoms with Crippen molar-refractivity contribution in [2.75, 3.05) is 6.61 Å². The molecule has 1 aromatic rings. The van der Waals surface area contributed by atoms with Gasteiger partial charge in [-0.1, -0.05) is 30.5 Å². The third-order valence-electron chi connectivity index (χ3n) is 4.52. The summed E-state index contributed by atoms with van der Waals surface area (Å²) in [5.74, 6) is 0.444. The lowest BCUT2D eigenvalue weighted by Crippen LogP contribution is -2.40. The summed E-state index contributed by atoms with van der Waals surface area (Å²) >= 11 is 0. The summed E-state index contributed by atoms with van der Waals surface area (Å²) in [5.41, 5.74) is 5.51. The van der Waals surface area contributed by atoms with Gasteiger partial charge < -0.3 is 10.4 Å². The zero-order chi connectivity index (χ0) is 13.8. The molecule has 19 heavy (non-hydrogen) atoms. The zero-order valence-corrected chi connectivity index (χ0v) is 12.5. The van der Waals surface area contributed by atoms with Crippen molar-refractivity contribution in [1.29, 1.82) is 0 Å². The number of nitrogens with one attached hydrogen (secondary N) is 1. The predicted molar refractivity (Wildman–Crippen MR) is 80.3 cm³/mol. The van der Waals surface area contributed by atoms with Crippen molar-refractivity contribution in [2.24, 2.45) is 5.92 Å². The summed E-state index contributed by atoms with van der Waals surface area (Å²) in [6.45, 7) is 7.80. The molecule has 106 valence electrons. The van der Waals surface area contributed by atoms with Crippen LogP contribution in [0.5, 0.6) is 0 Å². The lowest BCUT2D eigenvalue weighted by molar-refractivity contribution is 0.152. The van der Waals surface area contributed by atoms with E-state index in [0.717, 1.165) is 6.54 Å². The van der Waals surface area contributed by atoms with E-state index in [1.807, 2.05) is 0 Å². The lowest BCUT2D eigenvalue weighted by atomic mass is 9.85. The number of rotatable bonds is 4. The van der Waals surface area contributed by atoms with Crippen LogP contribution in [-0.2, 0) is 6.54 Å². The second-order valence-electron chi connectivity index (χ2n) is 6.09. The van der Waals surface area contributed by atoms with Gasteiger partial charge in [0.25, 0.3) is 0 Å². The molecule has 2 rings (SSSR count). The maximum atomic E-state index is 9.46. The molecular weight excluding hydrogens is 234 g/mol. The first-order valence-corrected chi connectivity index (χ1v) is 7.52. The number of aryl methyl sites for hydroxylation is 3. The first-order valence-electron chi connectivity index (χ1n) is 7.52. The fraction of sp³-hybridized carbons (Fsp3) is 0.647. The molecule has 1 aromatic carbocycles. The molecule has 0 heterocycles. The second-order valence-corrected chi connectivity index (χ2v) is 6.09. The largest absolute Gasteiger partial charge is 0.396 e. The Kier molecular flexibility index (Phi) is 5.00. The van der Waals surface area contributed by atoms with Crippen molar-refractivity contribution < 1.29 is 5.11 Å². The van der Waals surface area contributed by atoms with E-state index in [9.17, 15) is 5.11 Å². The van der Waals surface area contributed by atoms with Crippen LogP contribution in [0.2, 0.25) is 0 Å². The predicted octanol–water partition coefficient (Wildman–Crippen LogP) is 3.25. The fourth-order valence-electron chi connectivity index (χ4n) is 3.42. The molecule has 2 N–H and O–H groups in total. The maximum Gasteiger partial charge on any atom is 0.0474 e. The SMILES string of the molecule is Cc1cc(C)c(CNC2CCCCC2CO)c(C)c1. The van der Waals surface area contributed by atoms with Gasteiger partial charge >= 0.3 is 0 Å². The van der Waals surface area contributed by atoms with E-state index in [1.165, 1.54) is 47.9 Å². The Morgan fingerprint density at radius 2 is 1.74 bits per heavy atom. The van der Waals surface area contributed by atoms with Gasteiger partial charge in [0.05, 0.1) is 0 Å². The molecule has 0 radical (unpaired) electrons. The molecule has 0 aromatic heterocycles. The summed E-state index contributed by atoms with van der Waals surface area (Å²) in [4.78, 5) is 0. The minimum absolute atomic E-state index is 0.323. The smallest absolute Gasteiger partial charge is 0.0474 e. The van der Waals surface area contributed by atoms with Crippen LogP contribution in [0.25, 0.3) is 0 Å². The third kappa shape index (κ3) is 3.58. The molecule has 1 aliphatic rings. The van der Waals surface area contributed by atoms with Crippen LogP contribution < -0.4 is 5.32 Å². The summed E-state index contributed by atoms with van der Waals surface area (Å²) in [6.07, 6.45) is 4.93. The zero-order valence-electron chi connectivity index (χ0n) is 12.5. The van der Waals surface area contributed by atoms with Gasteiger partial charge in [-0.15, -0.1) is 0 Å². The van der Waals surface area contributed by atoms with Crippen LogP contribution in [-0.4, -0.2) is 17.8 Å². The highest BCUT2D eigenvalue weighted by Gasteiger charge is 2.24. The minimum atomic E-state index is 0.323. The number of hydrogen-bond acceptors (Lipinski definition) is 2. The highest BCUT2D eigenvalue weighted by molar-refractivity contribution is 5.37. The average Bonchev–Trinajstić information content (AvgIpc) is 2.38. The molecule has 1 saturated carbocycles. The summed E-state index contributed by atoms with van der Waals surface area (Å²) in [7, 11) is 0. The van der Waals surface area contributed by atoms with Crippen molar-refractivity contribution in [3.8, 4) is 0 Å². The summed E-state index contributed by atoms with van der Waals surface area (Å²) in [6, 6.07) is 5.00. The average molecular weight is 261 g/mol. The van der Waals surface area contributed by atoms with Crippen LogP contribution in [0.15, 0.2) is 12.1 Å². The Bertz CT molecular complexity index is 404. The van der Waals surface area contributed by atoms with E-state index in [1.54, 1.807) is 0 Å². The molecule has 0 spiro atoms. The highest BCUT2D eigenvalue weighted by Crippen LogP contribution is 2.25. The van der Waals surface area contributed by atoms with Crippen LogP contribution in [0.4, 0.5) is 0 Å². The molecule has 0 aliphatic heterocycles. The number of hydrogen-bond donors (Lipinski definition) is 2. The molecule has 2 unspecified atom stereocenters. The van der Waals surface area contributed by atoms with E-state index in [-0.39, 0.29) is 0 Å². The van der Waals surface area contributed by atoms with Gasteiger partial charge in [-0.2, -0.15) is 0 Å². The minimum Gasteiger partial charge on any atom is -0.396 e. The second kappa shape index (κ2) is 6.53. The summed E-state index contributed by atoms with van der Waals surface area (Å²) < 4.78 is 0. The van der Waals surface area contributed by atoms with Crippen molar-refractivity contribution in [2.45, 2.75) is 59.0 Å². The molecule has 0 bridgehead atoms. The molecule has 2 atom stereocenters.